The topological polar surface area (TPSA) is 137 Å². The minimum Gasteiger partial charge on any atom is -0.476 e. The summed E-state index contributed by atoms with van der Waals surface area (Å²) < 4.78 is 139. The van der Waals surface area contributed by atoms with E-state index in [4.69, 9.17) is 16.3 Å². The first-order chi connectivity index (χ1) is 29.7. The van der Waals surface area contributed by atoms with Crippen molar-refractivity contribution < 1.29 is 49.0 Å². The van der Waals surface area contributed by atoms with Crippen molar-refractivity contribution in [2.75, 3.05) is 37.7 Å². The first kappa shape index (κ1) is 45.5. The molecule has 13 nitrogen and oxygen atoms in total. The maximum absolute atomic E-state index is 15.5. The Labute approximate surface area is 360 Å². The molecular weight excluding hydrogens is 895 g/mol. The SMILES string of the molecule is CSNc1nn(C)c2c(-n3c(C(Cc4cc(F)cc(F)c4)NC(=O)Cn4nc(C(F)F)c5c4C(F)(F)C(C)C5)nc4nc(OCCN(C)CC(F)(F)F)ccc4c3=O)ccc(Cl)c12. The summed E-state index contributed by atoms with van der Waals surface area (Å²) in [4.78, 5) is 38.9. The predicted octanol–water partition coefficient (Wildman–Crippen LogP) is 7.68. The number of rotatable bonds is 15. The molecule has 0 bridgehead atoms. The number of benzene rings is 2. The highest BCUT2D eigenvalue weighted by Crippen LogP contribution is 2.48. The van der Waals surface area contributed by atoms with Gasteiger partial charge in [0.15, 0.2) is 11.5 Å². The quantitative estimate of drug-likeness (QED) is 0.0780. The molecule has 0 saturated carbocycles. The molecule has 0 fully saturated rings. The van der Waals surface area contributed by atoms with Crippen LogP contribution in [0.1, 0.15) is 47.7 Å². The summed E-state index contributed by atoms with van der Waals surface area (Å²) in [6, 6.07) is 6.45. The van der Waals surface area contributed by atoms with Crippen LogP contribution in [-0.2, 0) is 37.2 Å². The van der Waals surface area contributed by atoms with Gasteiger partial charge in [-0.2, -0.15) is 37.1 Å². The number of pyridine rings is 1. The van der Waals surface area contributed by atoms with Gasteiger partial charge in [0.05, 0.1) is 39.6 Å². The number of aromatic nitrogens is 7. The second-order valence-corrected chi connectivity index (χ2v) is 15.9. The Morgan fingerprint density at radius 3 is 2.48 bits per heavy atom. The fraction of sp³-hybridized carbons (Fsp3) is 0.385. The van der Waals surface area contributed by atoms with Gasteiger partial charge in [-0.15, -0.1) is 0 Å². The number of alkyl halides is 7. The maximum Gasteiger partial charge on any atom is 0.401 e. The Morgan fingerprint density at radius 2 is 1.81 bits per heavy atom. The van der Waals surface area contributed by atoms with Crippen LogP contribution in [0.2, 0.25) is 5.02 Å². The van der Waals surface area contributed by atoms with Crippen LogP contribution < -0.4 is 20.3 Å². The summed E-state index contributed by atoms with van der Waals surface area (Å²) in [7, 11) is 2.80. The van der Waals surface area contributed by atoms with Gasteiger partial charge in [0.25, 0.3) is 17.9 Å². The lowest BCUT2D eigenvalue weighted by Gasteiger charge is -2.24. The standard InChI is InChI=1S/C39H36ClF9N10O3S/c1-18-11-23-30(33(43)44)53-58(32(23)39(18,48)49)16-27(60)50-25(14-19-12-20(41)15-21(42)13-19)36-52-34-22(5-8-28(51-34)62-10-9-56(2)17-38(45,46)47)37(61)59(36)26-7-6-24(40)29-31(26)57(3)54-35(29)55-63-4/h5-8,12-13,15,18,25,33H,9-11,14,16-17H2,1-4H3,(H,50,60)(H,54,55). The minimum atomic E-state index is -4.46. The number of amides is 1. The second-order valence-electron chi connectivity index (χ2n) is 14.9. The number of nitrogens with zero attached hydrogens (tertiary/aromatic N) is 8. The summed E-state index contributed by atoms with van der Waals surface area (Å²) in [6.45, 7) is -1.51. The van der Waals surface area contributed by atoms with Gasteiger partial charge >= 0.3 is 6.18 Å². The molecule has 0 aliphatic heterocycles. The molecule has 6 aromatic rings. The fourth-order valence-electron chi connectivity index (χ4n) is 7.61. The molecule has 4 heterocycles. The molecule has 2 unspecified atom stereocenters. The van der Waals surface area contributed by atoms with E-state index < -0.39 is 90.9 Å². The number of halogens is 10. The van der Waals surface area contributed by atoms with Gasteiger partial charge in [-0.3, -0.25) is 28.4 Å². The summed E-state index contributed by atoms with van der Waals surface area (Å²) >= 11 is 7.86. The van der Waals surface area contributed by atoms with E-state index in [1.807, 2.05) is 0 Å². The Bertz CT molecular complexity index is 2760. The van der Waals surface area contributed by atoms with Gasteiger partial charge in [0, 0.05) is 49.9 Å². The second kappa shape index (κ2) is 17.5. The van der Waals surface area contributed by atoms with E-state index in [2.05, 4.69) is 30.2 Å². The molecule has 1 amide bonds. The summed E-state index contributed by atoms with van der Waals surface area (Å²) in [5.74, 6) is -8.31. The summed E-state index contributed by atoms with van der Waals surface area (Å²) in [5.41, 5.74) is -2.98. The van der Waals surface area contributed by atoms with Crippen LogP contribution in [0.5, 0.6) is 5.88 Å². The number of hydrogen-bond acceptors (Lipinski definition) is 10. The van der Waals surface area contributed by atoms with Crippen molar-refractivity contribution in [1.29, 1.82) is 0 Å². The van der Waals surface area contributed by atoms with Crippen molar-refractivity contribution >= 4 is 57.2 Å². The molecule has 2 aromatic carbocycles. The van der Waals surface area contributed by atoms with Crippen LogP contribution in [0.15, 0.2) is 47.3 Å². The highest BCUT2D eigenvalue weighted by molar-refractivity contribution is 7.99. The first-order valence-electron chi connectivity index (χ1n) is 18.9. The lowest BCUT2D eigenvalue weighted by Crippen LogP contribution is -2.38. The largest absolute Gasteiger partial charge is 0.476 e. The van der Waals surface area contributed by atoms with Gasteiger partial charge < -0.3 is 14.8 Å². The minimum absolute atomic E-state index is 0.0692. The van der Waals surface area contributed by atoms with Gasteiger partial charge in [-0.1, -0.05) is 30.5 Å². The van der Waals surface area contributed by atoms with Crippen LogP contribution in [0.4, 0.5) is 45.3 Å². The average molecular weight is 931 g/mol. The zero-order valence-electron chi connectivity index (χ0n) is 33.5. The van der Waals surface area contributed by atoms with E-state index in [0.29, 0.717) is 22.0 Å². The van der Waals surface area contributed by atoms with E-state index in [1.165, 1.54) is 54.9 Å². The Kier molecular flexibility index (Phi) is 12.7. The smallest absolute Gasteiger partial charge is 0.401 e. The maximum atomic E-state index is 15.5. The van der Waals surface area contributed by atoms with Crippen molar-refractivity contribution in [2.45, 2.75) is 50.9 Å². The van der Waals surface area contributed by atoms with E-state index in [9.17, 15) is 40.3 Å². The predicted molar refractivity (Wildman–Crippen MR) is 215 cm³/mol. The number of aryl methyl sites for hydroxylation is 1. The number of ether oxygens (including phenoxy) is 1. The Morgan fingerprint density at radius 1 is 1.10 bits per heavy atom. The van der Waals surface area contributed by atoms with Crippen molar-refractivity contribution in [3.05, 3.63) is 97.8 Å². The number of carbonyl (C=O) groups is 1. The molecule has 0 saturated heterocycles. The molecule has 7 rings (SSSR count). The third-order valence-electron chi connectivity index (χ3n) is 10.3. The molecule has 0 radical (unpaired) electrons. The van der Waals surface area contributed by atoms with E-state index in [0.717, 1.165) is 21.6 Å². The third-order valence-corrected chi connectivity index (χ3v) is 11.0. The number of hydrogen-bond donors (Lipinski definition) is 2. The van der Waals surface area contributed by atoms with Crippen molar-refractivity contribution in [1.82, 2.24) is 44.3 Å². The van der Waals surface area contributed by atoms with Gasteiger partial charge in [-0.25, -0.2) is 22.5 Å². The highest BCUT2D eigenvalue weighted by Gasteiger charge is 2.51. The molecule has 2 atom stereocenters. The number of nitrogens with one attached hydrogen (secondary N) is 2. The molecule has 336 valence electrons. The molecule has 4 aromatic heterocycles. The lowest BCUT2D eigenvalue weighted by molar-refractivity contribution is -0.143. The van der Waals surface area contributed by atoms with Gasteiger partial charge in [0.2, 0.25) is 11.8 Å². The van der Waals surface area contributed by atoms with E-state index in [-0.39, 0.29) is 63.2 Å². The van der Waals surface area contributed by atoms with Gasteiger partial charge in [-0.05, 0) is 49.4 Å². The first-order valence-corrected chi connectivity index (χ1v) is 20.5. The Balaban J connectivity index is 1.40. The van der Waals surface area contributed by atoms with Crippen LogP contribution in [-0.4, -0.2) is 84.1 Å². The van der Waals surface area contributed by atoms with Crippen molar-refractivity contribution in [3.63, 3.8) is 0 Å². The van der Waals surface area contributed by atoms with Crippen molar-refractivity contribution in [3.8, 4) is 11.6 Å². The molecule has 63 heavy (non-hydrogen) atoms. The number of carbonyl (C=O) groups excluding carboxylic acids is 1. The highest BCUT2D eigenvalue weighted by atomic mass is 35.5. The Hall–Kier alpha value is -5.55. The summed E-state index contributed by atoms with van der Waals surface area (Å²) in [6.07, 6.45) is -6.91. The van der Waals surface area contributed by atoms with Crippen LogP contribution in [0.3, 0.4) is 0 Å². The molecule has 2 N–H and O–H groups in total. The third kappa shape index (κ3) is 9.26. The average Bonchev–Trinajstić information content (AvgIpc) is 3.79. The van der Waals surface area contributed by atoms with E-state index >= 15 is 8.78 Å². The zero-order valence-corrected chi connectivity index (χ0v) is 35.1. The normalized spacial score (nSPS) is 15.5. The summed E-state index contributed by atoms with van der Waals surface area (Å²) in [5, 5.41) is 11.2. The van der Waals surface area contributed by atoms with Crippen LogP contribution in [0.25, 0.3) is 27.6 Å². The van der Waals surface area contributed by atoms with Crippen LogP contribution >= 0.6 is 23.5 Å². The van der Waals surface area contributed by atoms with Gasteiger partial charge in [0.1, 0.15) is 42.0 Å². The fourth-order valence-corrected chi connectivity index (χ4v) is 8.19. The number of anilines is 1. The lowest BCUT2D eigenvalue weighted by atomic mass is 10.0. The molecule has 0 spiro atoms. The molecule has 1 aliphatic carbocycles. The molecule has 24 heteroatoms. The number of fused-ring (bicyclic) bond motifs is 3. The monoisotopic (exact) mass is 930 g/mol. The number of likely N-dealkylation sites (N-methyl/N-ethyl adjacent to an activating group) is 1. The molecular formula is C39H36ClF9N10O3S. The molecule has 1 aliphatic rings. The zero-order chi connectivity index (χ0) is 45.7. The van der Waals surface area contributed by atoms with Crippen molar-refractivity contribution in [2.24, 2.45) is 13.0 Å². The van der Waals surface area contributed by atoms with Crippen LogP contribution in [0, 0.1) is 17.6 Å². The van der Waals surface area contributed by atoms with E-state index in [1.54, 1.807) is 13.3 Å².